The molecule has 0 aromatic heterocycles. The maximum Gasteiger partial charge on any atom is 0.408 e. The number of alkyl carbamates (subject to hydrolysis) is 1. The fourth-order valence-corrected chi connectivity index (χ4v) is 5.44. The number of anilines is 1. The van der Waals surface area contributed by atoms with Crippen molar-refractivity contribution in [3.63, 3.8) is 0 Å². The van der Waals surface area contributed by atoms with Gasteiger partial charge < -0.3 is 20.3 Å². The Hall–Kier alpha value is -3.52. The summed E-state index contributed by atoms with van der Waals surface area (Å²) in [5.41, 5.74) is 1.83. The standard InChI is InChI=1S/C34H45N3O4S/c1-22-14-17-27(23(2)20-22)29(30(38)35-26-16-15-24-12-10-11-13-25(24)21-26)37(33(3,4)5)31(39)28(18-19-42-9)36-32(40)41-34(6,7)8/h10-17,20-21,28-29H,18-19H2,1-9H3,(H,35,38)(H,36,40). The van der Waals surface area contributed by atoms with E-state index in [1.54, 1.807) is 37.4 Å². The molecule has 7 nitrogen and oxygen atoms in total. The van der Waals surface area contributed by atoms with Gasteiger partial charge in [0.15, 0.2) is 0 Å². The van der Waals surface area contributed by atoms with Gasteiger partial charge in [-0.1, -0.05) is 54.1 Å². The third-order valence-corrected chi connectivity index (χ3v) is 7.45. The lowest BCUT2D eigenvalue weighted by Gasteiger charge is -2.43. The molecule has 42 heavy (non-hydrogen) atoms. The first kappa shape index (κ1) is 33.0. The van der Waals surface area contributed by atoms with E-state index in [1.165, 1.54) is 0 Å². The SMILES string of the molecule is CSCCC(NC(=O)OC(C)(C)C)C(=O)N(C(C(=O)Nc1ccc2ccccc2c1)c1ccc(C)cc1C)C(C)(C)C. The van der Waals surface area contributed by atoms with Crippen molar-refractivity contribution in [2.45, 2.75) is 85.0 Å². The lowest BCUT2D eigenvalue weighted by molar-refractivity contribution is -0.146. The number of carbonyl (C=O) groups excluding carboxylic acids is 3. The number of benzene rings is 3. The summed E-state index contributed by atoms with van der Waals surface area (Å²) in [7, 11) is 0. The first-order valence-electron chi connectivity index (χ1n) is 14.3. The number of nitrogens with one attached hydrogen (secondary N) is 2. The Labute approximate surface area is 254 Å². The monoisotopic (exact) mass is 591 g/mol. The van der Waals surface area contributed by atoms with Crippen LogP contribution in [0.5, 0.6) is 0 Å². The number of hydrogen-bond acceptors (Lipinski definition) is 5. The smallest absolute Gasteiger partial charge is 0.408 e. The fourth-order valence-electron chi connectivity index (χ4n) is 4.96. The number of carbonyl (C=O) groups is 3. The van der Waals surface area contributed by atoms with Crippen LogP contribution in [0, 0.1) is 13.8 Å². The molecule has 0 saturated carbocycles. The van der Waals surface area contributed by atoms with Gasteiger partial charge in [0.2, 0.25) is 5.91 Å². The van der Waals surface area contributed by atoms with Crippen molar-refractivity contribution >= 4 is 46.1 Å². The summed E-state index contributed by atoms with van der Waals surface area (Å²) >= 11 is 1.58. The third kappa shape index (κ3) is 8.74. The van der Waals surface area contributed by atoms with Crippen LogP contribution in [0.25, 0.3) is 10.8 Å². The van der Waals surface area contributed by atoms with Gasteiger partial charge in [0, 0.05) is 11.2 Å². The summed E-state index contributed by atoms with van der Waals surface area (Å²) < 4.78 is 5.50. The molecular weight excluding hydrogens is 546 g/mol. The molecule has 0 saturated heterocycles. The van der Waals surface area contributed by atoms with Gasteiger partial charge in [0.25, 0.3) is 5.91 Å². The second-order valence-corrected chi connectivity index (χ2v) is 13.7. The van der Waals surface area contributed by atoms with Crippen LogP contribution in [0.1, 0.15) is 70.7 Å². The van der Waals surface area contributed by atoms with Crippen molar-refractivity contribution in [1.29, 1.82) is 0 Å². The molecule has 3 aromatic rings. The van der Waals surface area contributed by atoms with Gasteiger partial charge in [0.05, 0.1) is 0 Å². The molecule has 0 fully saturated rings. The van der Waals surface area contributed by atoms with Gasteiger partial charge in [0.1, 0.15) is 17.7 Å². The molecule has 0 heterocycles. The molecule has 8 heteroatoms. The van der Waals surface area contributed by atoms with E-state index in [4.69, 9.17) is 4.74 Å². The molecule has 0 radical (unpaired) electrons. The molecule has 0 aliphatic rings. The van der Waals surface area contributed by atoms with Gasteiger partial charge in [-0.15, -0.1) is 0 Å². The Morgan fingerprint density at radius 3 is 2.17 bits per heavy atom. The Bertz CT molecular complexity index is 1420. The van der Waals surface area contributed by atoms with Gasteiger partial charge in [-0.05, 0) is 108 Å². The van der Waals surface area contributed by atoms with Crippen LogP contribution in [-0.2, 0) is 14.3 Å². The van der Waals surface area contributed by atoms with Gasteiger partial charge in [-0.2, -0.15) is 11.8 Å². The second-order valence-electron chi connectivity index (χ2n) is 12.7. The Balaban J connectivity index is 2.09. The number of hydrogen-bond donors (Lipinski definition) is 2. The second kappa shape index (κ2) is 13.6. The number of aryl methyl sites for hydroxylation is 2. The Kier molecular flexibility index (Phi) is 10.7. The van der Waals surface area contributed by atoms with E-state index in [0.717, 1.165) is 27.5 Å². The first-order chi connectivity index (χ1) is 19.6. The van der Waals surface area contributed by atoms with E-state index in [0.29, 0.717) is 17.9 Å². The Morgan fingerprint density at radius 1 is 0.905 bits per heavy atom. The molecule has 2 N–H and O–H groups in total. The summed E-state index contributed by atoms with van der Waals surface area (Å²) in [6.45, 7) is 15.0. The molecule has 3 aromatic carbocycles. The average molecular weight is 592 g/mol. The molecular formula is C34H45N3O4S. The number of amides is 3. The maximum absolute atomic E-state index is 14.5. The van der Waals surface area contributed by atoms with E-state index in [1.807, 2.05) is 102 Å². The minimum absolute atomic E-state index is 0.332. The van der Waals surface area contributed by atoms with E-state index in [9.17, 15) is 14.4 Å². The number of nitrogens with zero attached hydrogens (tertiary/aromatic N) is 1. The van der Waals surface area contributed by atoms with Gasteiger partial charge in [-0.25, -0.2) is 4.79 Å². The summed E-state index contributed by atoms with van der Waals surface area (Å²) in [5.74, 6) is -0.0377. The predicted molar refractivity (Wildman–Crippen MR) is 174 cm³/mol. The fraction of sp³-hybridized carbons (Fsp3) is 0.441. The van der Waals surface area contributed by atoms with Crippen LogP contribution >= 0.6 is 11.8 Å². The molecule has 3 amide bonds. The topological polar surface area (TPSA) is 87.7 Å². The van der Waals surface area contributed by atoms with Crippen LogP contribution < -0.4 is 10.6 Å². The zero-order chi connectivity index (χ0) is 31.2. The zero-order valence-corrected chi connectivity index (χ0v) is 27.1. The highest BCUT2D eigenvalue weighted by Crippen LogP contribution is 2.34. The number of thioether (sulfide) groups is 1. The highest BCUT2D eigenvalue weighted by atomic mass is 32.2. The summed E-state index contributed by atoms with van der Waals surface area (Å²) in [4.78, 5) is 43.2. The predicted octanol–water partition coefficient (Wildman–Crippen LogP) is 7.41. The van der Waals surface area contributed by atoms with Crippen LogP contribution in [0.3, 0.4) is 0 Å². The van der Waals surface area contributed by atoms with Crippen molar-refractivity contribution in [3.05, 3.63) is 77.4 Å². The molecule has 0 aliphatic heterocycles. The maximum atomic E-state index is 14.5. The van der Waals surface area contributed by atoms with Crippen molar-refractivity contribution in [1.82, 2.24) is 10.2 Å². The summed E-state index contributed by atoms with van der Waals surface area (Å²) in [5, 5.41) is 7.96. The normalized spacial score (nSPS) is 13.3. The van der Waals surface area contributed by atoms with Crippen LogP contribution in [0.2, 0.25) is 0 Å². The van der Waals surface area contributed by atoms with Crippen LogP contribution in [0.15, 0.2) is 60.7 Å². The number of fused-ring (bicyclic) bond motifs is 1. The lowest BCUT2D eigenvalue weighted by Crippen LogP contribution is -2.58. The number of rotatable bonds is 9. The van der Waals surface area contributed by atoms with Gasteiger partial charge >= 0.3 is 6.09 Å². The molecule has 0 spiro atoms. The minimum Gasteiger partial charge on any atom is -0.444 e. The van der Waals surface area contributed by atoms with E-state index >= 15 is 0 Å². The lowest BCUT2D eigenvalue weighted by atomic mass is 9.92. The Morgan fingerprint density at radius 2 is 1.57 bits per heavy atom. The highest BCUT2D eigenvalue weighted by Gasteiger charge is 2.42. The quantitative estimate of drug-likeness (QED) is 0.271. The number of ether oxygens (including phenoxy) is 1. The molecule has 0 bridgehead atoms. The van der Waals surface area contributed by atoms with Crippen molar-refractivity contribution in [2.75, 3.05) is 17.3 Å². The summed E-state index contributed by atoms with van der Waals surface area (Å²) in [6.07, 6.45) is 1.67. The highest BCUT2D eigenvalue weighted by molar-refractivity contribution is 7.98. The van der Waals surface area contributed by atoms with E-state index < -0.39 is 29.3 Å². The molecule has 3 rings (SSSR count). The van der Waals surface area contributed by atoms with Crippen LogP contribution in [-0.4, -0.2) is 52.0 Å². The largest absolute Gasteiger partial charge is 0.444 e. The molecule has 226 valence electrons. The van der Waals surface area contributed by atoms with Crippen molar-refractivity contribution < 1.29 is 19.1 Å². The molecule has 0 aliphatic carbocycles. The van der Waals surface area contributed by atoms with Crippen molar-refractivity contribution in [2.24, 2.45) is 0 Å². The zero-order valence-electron chi connectivity index (χ0n) is 26.3. The van der Waals surface area contributed by atoms with E-state index in [-0.39, 0.29) is 11.8 Å². The van der Waals surface area contributed by atoms with Crippen LogP contribution in [0.4, 0.5) is 10.5 Å². The first-order valence-corrected chi connectivity index (χ1v) is 15.7. The average Bonchev–Trinajstić information content (AvgIpc) is 2.88. The molecule has 2 atom stereocenters. The van der Waals surface area contributed by atoms with Crippen molar-refractivity contribution in [3.8, 4) is 0 Å². The molecule has 2 unspecified atom stereocenters. The third-order valence-electron chi connectivity index (χ3n) is 6.80. The van der Waals surface area contributed by atoms with Gasteiger partial charge in [-0.3, -0.25) is 9.59 Å². The minimum atomic E-state index is -0.957. The van der Waals surface area contributed by atoms with E-state index in [2.05, 4.69) is 10.6 Å². The summed E-state index contributed by atoms with van der Waals surface area (Å²) in [6, 6.07) is 17.8.